The summed E-state index contributed by atoms with van der Waals surface area (Å²) in [5.41, 5.74) is 1.57. The molecule has 0 aliphatic carbocycles. The van der Waals surface area contributed by atoms with Gasteiger partial charge in [-0.3, -0.25) is 0 Å². The van der Waals surface area contributed by atoms with E-state index >= 15 is 0 Å². The molecule has 0 radical (unpaired) electrons. The summed E-state index contributed by atoms with van der Waals surface area (Å²) in [6.45, 7) is 4.62. The number of fused-ring (bicyclic) bond motifs is 1. The van der Waals surface area contributed by atoms with Crippen molar-refractivity contribution < 1.29 is 8.42 Å². The van der Waals surface area contributed by atoms with E-state index in [9.17, 15) is 8.42 Å². The number of sulfone groups is 1. The zero-order chi connectivity index (χ0) is 11.3. The first-order valence-electron chi connectivity index (χ1n) is 4.62. The molecule has 0 aromatic carbocycles. The molecule has 6 heteroatoms. The third-order valence-electron chi connectivity index (χ3n) is 2.55. The molecule has 15 heavy (non-hydrogen) atoms. The summed E-state index contributed by atoms with van der Waals surface area (Å²) in [4.78, 5) is 7.94. The van der Waals surface area contributed by atoms with Crippen LogP contribution in [0.25, 0.3) is 0 Å². The fourth-order valence-electron chi connectivity index (χ4n) is 1.63. The van der Waals surface area contributed by atoms with Crippen LogP contribution in [0.2, 0.25) is 0 Å². The van der Waals surface area contributed by atoms with Crippen molar-refractivity contribution in [2.75, 3.05) is 6.26 Å². The SMILES string of the molecule is CC1(C)NCc2nc(S(C)(=O)=O)ncc21. The summed E-state index contributed by atoms with van der Waals surface area (Å²) in [5.74, 6) is 0. The molecule has 1 aliphatic heterocycles. The maximum atomic E-state index is 11.2. The van der Waals surface area contributed by atoms with Gasteiger partial charge in [-0.15, -0.1) is 0 Å². The Morgan fingerprint density at radius 1 is 1.47 bits per heavy atom. The highest BCUT2D eigenvalue weighted by Gasteiger charge is 2.31. The minimum absolute atomic E-state index is 0.0965. The molecule has 5 nitrogen and oxygen atoms in total. The van der Waals surface area contributed by atoms with E-state index in [-0.39, 0.29) is 10.7 Å². The highest BCUT2D eigenvalue weighted by molar-refractivity contribution is 7.90. The molecule has 0 saturated carbocycles. The van der Waals surface area contributed by atoms with Crippen molar-refractivity contribution >= 4 is 9.84 Å². The van der Waals surface area contributed by atoms with Crippen LogP contribution in [0.15, 0.2) is 11.4 Å². The van der Waals surface area contributed by atoms with Gasteiger partial charge in [0.2, 0.25) is 15.0 Å². The second kappa shape index (κ2) is 2.99. The van der Waals surface area contributed by atoms with E-state index in [0.29, 0.717) is 6.54 Å². The van der Waals surface area contributed by atoms with Gasteiger partial charge in [-0.05, 0) is 13.8 Å². The van der Waals surface area contributed by atoms with Crippen molar-refractivity contribution in [2.45, 2.75) is 31.1 Å². The Morgan fingerprint density at radius 2 is 2.13 bits per heavy atom. The van der Waals surface area contributed by atoms with Gasteiger partial charge < -0.3 is 5.32 Å². The quantitative estimate of drug-likeness (QED) is 0.695. The fourth-order valence-corrected chi connectivity index (χ4v) is 2.15. The fraction of sp³-hybridized carbons (Fsp3) is 0.556. The Morgan fingerprint density at radius 3 is 2.73 bits per heavy atom. The maximum Gasteiger partial charge on any atom is 0.247 e. The molecule has 0 saturated heterocycles. The van der Waals surface area contributed by atoms with E-state index in [1.54, 1.807) is 6.20 Å². The molecular weight excluding hydrogens is 214 g/mol. The monoisotopic (exact) mass is 227 g/mol. The van der Waals surface area contributed by atoms with Crippen LogP contribution in [-0.4, -0.2) is 24.6 Å². The van der Waals surface area contributed by atoms with Crippen LogP contribution >= 0.6 is 0 Å². The molecule has 2 rings (SSSR count). The first-order chi connectivity index (χ1) is 6.81. The van der Waals surface area contributed by atoms with Crippen LogP contribution in [0.5, 0.6) is 0 Å². The van der Waals surface area contributed by atoms with E-state index in [2.05, 4.69) is 15.3 Å². The van der Waals surface area contributed by atoms with E-state index in [1.165, 1.54) is 0 Å². The number of hydrogen-bond acceptors (Lipinski definition) is 5. The second-order valence-electron chi connectivity index (χ2n) is 4.26. The summed E-state index contributed by atoms with van der Waals surface area (Å²) in [5, 5.41) is 3.15. The van der Waals surface area contributed by atoms with Crippen LogP contribution in [0.1, 0.15) is 25.1 Å². The van der Waals surface area contributed by atoms with Gasteiger partial charge >= 0.3 is 0 Å². The summed E-state index contributed by atoms with van der Waals surface area (Å²) >= 11 is 0. The minimum atomic E-state index is -3.31. The van der Waals surface area contributed by atoms with Gasteiger partial charge in [0.05, 0.1) is 5.69 Å². The molecule has 0 spiro atoms. The summed E-state index contributed by atoms with van der Waals surface area (Å²) in [6, 6.07) is 0. The van der Waals surface area contributed by atoms with Crippen molar-refractivity contribution in [1.82, 2.24) is 15.3 Å². The van der Waals surface area contributed by atoms with Gasteiger partial charge in [0.1, 0.15) is 0 Å². The molecule has 2 heterocycles. The molecule has 0 atom stereocenters. The van der Waals surface area contributed by atoms with E-state index in [1.807, 2.05) is 13.8 Å². The lowest BCUT2D eigenvalue weighted by atomic mass is 9.99. The molecule has 0 fully saturated rings. The van der Waals surface area contributed by atoms with Gasteiger partial charge in [-0.1, -0.05) is 0 Å². The van der Waals surface area contributed by atoms with E-state index < -0.39 is 9.84 Å². The lowest BCUT2D eigenvalue weighted by Gasteiger charge is -2.18. The normalized spacial score (nSPS) is 18.9. The summed E-state index contributed by atoms with van der Waals surface area (Å²) in [6.07, 6.45) is 2.71. The lowest BCUT2D eigenvalue weighted by Crippen LogP contribution is -2.28. The third kappa shape index (κ3) is 1.74. The zero-order valence-electron chi connectivity index (χ0n) is 8.90. The smallest absolute Gasteiger partial charge is 0.247 e. The van der Waals surface area contributed by atoms with Crippen molar-refractivity contribution in [3.8, 4) is 0 Å². The molecule has 0 bridgehead atoms. The topological polar surface area (TPSA) is 72.0 Å². The van der Waals surface area contributed by atoms with E-state index in [4.69, 9.17) is 0 Å². The molecule has 1 aliphatic rings. The van der Waals surface area contributed by atoms with Crippen molar-refractivity contribution in [2.24, 2.45) is 0 Å². The molecule has 1 N–H and O–H groups in total. The summed E-state index contributed by atoms with van der Waals surface area (Å²) in [7, 11) is -3.31. The Kier molecular flexibility index (Phi) is 2.09. The predicted molar refractivity (Wildman–Crippen MR) is 55.0 cm³/mol. The molecule has 0 amide bonds. The average Bonchev–Trinajstić information content (AvgIpc) is 2.41. The van der Waals surface area contributed by atoms with E-state index in [0.717, 1.165) is 17.5 Å². The van der Waals surface area contributed by atoms with Crippen LogP contribution in [-0.2, 0) is 21.9 Å². The predicted octanol–water partition coefficient (Wildman–Crippen LogP) is 0.218. The highest BCUT2D eigenvalue weighted by Crippen LogP contribution is 2.28. The number of nitrogens with one attached hydrogen (secondary N) is 1. The lowest BCUT2D eigenvalue weighted by molar-refractivity contribution is 0.441. The molecule has 1 aromatic rings. The van der Waals surface area contributed by atoms with Gasteiger partial charge in [0.25, 0.3) is 0 Å². The van der Waals surface area contributed by atoms with Crippen LogP contribution in [0, 0.1) is 0 Å². The molecule has 1 aromatic heterocycles. The highest BCUT2D eigenvalue weighted by atomic mass is 32.2. The Bertz CT molecular complexity index is 508. The van der Waals surface area contributed by atoms with Gasteiger partial charge in [0, 0.05) is 30.1 Å². The molecule has 82 valence electrons. The number of rotatable bonds is 1. The van der Waals surface area contributed by atoms with Crippen molar-refractivity contribution in [3.63, 3.8) is 0 Å². The standard InChI is InChI=1S/C9H13N3O2S/c1-9(2)6-4-10-8(15(3,13)14)12-7(6)5-11-9/h4,11H,5H2,1-3H3. The number of aromatic nitrogens is 2. The largest absolute Gasteiger partial charge is 0.302 e. The van der Waals surface area contributed by atoms with Crippen molar-refractivity contribution in [1.29, 1.82) is 0 Å². The van der Waals surface area contributed by atoms with Crippen molar-refractivity contribution in [3.05, 3.63) is 17.5 Å². The van der Waals surface area contributed by atoms with Crippen LogP contribution in [0.4, 0.5) is 0 Å². The molecule has 0 unspecified atom stereocenters. The third-order valence-corrected chi connectivity index (χ3v) is 3.41. The Labute approximate surface area is 88.9 Å². The van der Waals surface area contributed by atoms with Crippen LogP contribution in [0.3, 0.4) is 0 Å². The Hall–Kier alpha value is -1.01. The van der Waals surface area contributed by atoms with Crippen LogP contribution < -0.4 is 5.32 Å². The summed E-state index contributed by atoms with van der Waals surface area (Å²) < 4.78 is 22.5. The number of nitrogens with zero attached hydrogens (tertiary/aromatic N) is 2. The first-order valence-corrected chi connectivity index (χ1v) is 6.51. The van der Waals surface area contributed by atoms with Gasteiger partial charge in [-0.2, -0.15) is 0 Å². The minimum Gasteiger partial charge on any atom is -0.302 e. The van der Waals surface area contributed by atoms with Gasteiger partial charge in [-0.25, -0.2) is 18.4 Å². The first kappa shape index (κ1) is 10.5. The van der Waals surface area contributed by atoms with Gasteiger partial charge in [0.15, 0.2) is 0 Å². The molecular formula is C9H13N3O2S. The second-order valence-corrected chi connectivity index (χ2v) is 6.17. The maximum absolute atomic E-state index is 11.2. The average molecular weight is 227 g/mol. The number of hydrogen-bond donors (Lipinski definition) is 1. The zero-order valence-corrected chi connectivity index (χ0v) is 9.72. The Balaban J connectivity index is 2.56.